The van der Waals surface area contributed by atoms with Crippen LogP contribution >= 0.6 is 0 Å². The van der Waals surface area contributed by atoms with E-state index in [0.717, 1.165) is 0 Å². The number of nitrogens with one attached hydrogen (secondary N) is 1. The highest BCUT2D eigenvalue weighted by atomic mass is 16.5. The van der Waals surface area contributed by atoms with Crippen LogP contribution in [0.15, 0.2) is 12.7 Å². The average molecular weight is 216 g/mol. The number of carbonyl (C=O) groups is 2. The largest absolute Gasteiger partial charge is 0.480 e. The van der Waals surface area contributed by atoms with Gasteiger partial charge in [0.15, 0.2) is 0 Å². The Kier molecular flexibility index (Phi) is 6.32. The van der Waals surface area contributed by atoms with E-state index in [-0.39, 0.29) is 13.0 Å². The molecule has 0 saturated carbocycles. The van der Waals surface area contributed by atoms with Gasteiger partial charge in [-0.3, -0.25) is 4.79 Å². The van der Waals surface area contributed by atoms with E-state index in [9.17, 15) is 9.59 Å². The molecule has 0 bridgehead atoms. The standard InChI is InChI=1S/C9H16N2O4/c1-3-4-6(9(13)14)11-8(12)7(5-10)15-2/h3,6-7H,1,4-5,10H2,2H3,(H,11,12)(H,13,14). The molecule has 0 aromatic heterocycles. The summed E-state index contributed by atoms with van der Waals surface area (Å²) in [6, 6.07) is -0.987. The number of carboxylic acid groups (broad SMARTS) is 1. The molecule has 0 radical (unpaired) electrons. The minimum absolute atomic E-state index is 0.00274. The molecule has 86 valence electrons. The Morgan fingerprint density at radius 3 is 2.60 bits per heavy atom. The molecule has 0 aliphatic carbocycles. The van der Waals surface area contributed by atoms with Crippen molar-refractivity contribution in [2.24, 2.45) is 5.73 Å². The van der Waals surface area contributed by atoms with Crippen molar-refractivity contribution < 1.29 is 19.4 Å². The van der Waals surface area contributed by atoms with Crippen molar-refractivity contribution in [3.05, 3.63) is 12.7 Å². The second-order valence-electron chi connectivity index (χ2n) is 2.88. The van der Waals surface area contributed by atoms with Gasteiger partial charge in [0.2, 0.25) is 0 Å². The van der Waals surface area contributed by atoms with Crippen molar-refractivity contribution in [3.8, 4) is 0 Å². The number of ether oxygens (including phenoxy) is 1. The lowest BCUT2D eigenvalue weighted by Gasteiger charge is -2.17. The highest BCUT2D eigenvalue weighted by Crippen LogP contribution is 1.96. The first-order valence-electron chi connectivity index (χ1n) is 4.43. The summed E-state index contributed by atoms with van der Waals surface area (Å²) in [5, 5.41) is 11.1. The summed E-state index contributed by atoms with van der Waals surface area (Å²) >= 11 is 0. The van der Waals surface area contributed by atoms with E-state index in [1.165, 1.54) is 13.2 Å². The third-order valence-electron chi connectivity index (χ3n) is 1.81. The molecule has 0 spiro atoms. The molecule has 2 unspecified atom stereocenters. The molecular formula is C9H16N2O4. The van der Waals surface area contributed by atoms with Crippen LogP contribution in [0.4, 0.5) is 0 Å². The predicted molar refractivity (Wildman–Crippen MR) is 54.2 cm³/mol. The van der Waals surface area contributed by atoms with Crippen LogP contribution in [0, 0.1) is 0 Å². The van der Waals surface area contributed by atoms with Gasteiger partial charge in [-0.1, -0.05) is 6.08 Å². The van der Waals surface area contributed by atoms with Crippen LogP contribution in [0.25, 0.3) is 0 Å². The number of methoxy groups -OCH3 is 1. The quantitative estimate of drug-likeness (QED) is 0.479. The summed E-state index contributed by atoms with van der Waals surface area (Å²) in [4.78, 5) is 22.1. The lowest BCUT2D eigenvalue weighted by Crippen LogP contribution is -2.48. The third kappa shape index (κ3) is 4.57. The molecule has 0 saturated heterocycles. The molecule has 6 heteroatoms. The van der Waals surface area contributed by atoms with Crippen LogP contribution in [0.3, 0.4) is 0 Å². The number of carboxylic acids is 1. The fraction of sp³-hybridized carbons (Fsp3) is 0.556. The Labute approximate surface area is 88.1 Å². The van der Waals surface area contributed by atoms with E-state index >= 15 is 0 Å². The molecule has 1 amide bonds. The minimum atomic E-state index is -1.12. The van der Waals surface area contributed by atoms with Gasteiger partial charge >= 0.3 is 5.97 Å². The first-order chi connectivity index (χ1) is 7.06. The van der Waals surface area contributed by atoms with Gasteiger partial charge in [-0.15, -0.1) is 6.58 Å². The van der Waals surface area contributed by atoms with Crippen LogP contribution in [-0.2, 0) is 14.3 Å². The predicted octanol–water partition coefficient (Wildman–Crippen LogP) is -0.894. The average Bonchev–Trinajstić information content (AvgIpc) is 2.18. The number of nitrogens with two attached hydrogens (primary N) is 1. The zero-order valence-electron chi connectivity index (χ0n) is 8.60. The van der Waals surface area contributed by atoms with Gasteiger partial charge in [-0.2, -0.15) is 0 Å². The lowest BCUT2D eigenvalue weighted by molar-refractivity contribution is -0.143. The van der Waals surface area contributed by atoms with Crippen LogP contribution in [0.5, 0.6) is 0 Å². The van der Waals surface area contributed by atoms with Crippen molar-refractivity contribution in [1.82, 2.24) is 5.32 Å². The molecule has 0 aromatic carbocycles. The molecule has 0 aromatic rings. The van der Waals surface area contributed by atoms with E-state index in [4.69, 9.17) is 15.6 Å². The number of hydrogen-bond acceptors (Lipinski definition) is 4. The SMILES string of the molecule is C=CCC(NC(=O)C(CN)OC)C(=O)O. The molecule has 0 aliphatic heterocycles. The topological polar surface area (TPSA) is 102 Å². The zero-order chi connectivity index (χ0) is 11.8. The molecule has 6 nitrogen and oxygen atoms in total. The fourth-order valence-corrected chi connectivity index (χ4v) is 0.963. The highest BCUT2D eigenvalue weighted by Gasteiger charge is 2.23. The van der Waals surface area contributed by atoms with Gasteiger partial charge in [0.25, 0.3) is 5.91 Å². The van der Waals surface area contributed by atoms with Crippen molar-refractivity contribution in [2.45, 2.75) is 18.6 Å². The Morgan fingerprint density at radius 2 is 2.27 bits per heavy atom. The Balaban J connectivity index is 4.33. The summed E-state index contributed by atoms with van der Waals surface area (Å²) < 4.78 is 4.76. The normalized spacial score (nSPS) is 14.0. The monoisotopic (exact) mass is 216 g/mol. The van der Waals surface area contributed by atoms with E-state index in [1.807, 2.05) is 0 Å². The maximum Gasteiger partial charge on any atom is 0.326 e. The van der Waals surface area contributed by atoms with Crippen LogP contribution in [0.1, 0.15) is 6.42 Å². The van der Waals surface area contributed by atoms with E-state index in [0.29, 0.717) is 0 Å². The molecular weight excluding hydrogens is 200 g/mol. The maximum absolute atomic E-state index is 11.4. The first kappa shape index (κ1) is 13.6. The maximum atomic E-state index is 11.4. The summed E-state index contributed by atoms with van der Waals surface area (Å²) in [7, 11) is 1.33. The second-order valence-corrected chi connectivity index (χ2v) is 2.88. The molecule has 0 heterocycles. The summed E-state index contributed by atoms with van der Waals surface area (Å²) in [5.41, 5.74) is 5.26. The third-order valence-corrected chi connectivity index (χ3v) is 1.81. The summed E-state index contributed by atoms with van der Waals surface area (Å²) in [5.74, 6) is -1.65. The Bertz CT molecular complexity index is 238. The van der Waals surface area contributed by atoms with Crippen molar-refractivity contribution >= 4 is 11.9 Å². The number of aliphatic carboxylic acids is 1. The fourth-order valence-electron chi connectivity index (χ4n) is 0.963. The van der Waals surface area contributed by atoms with Gasteiger partial charge < -0.3 is 20.9 Å². The molecule has 15 heavy (non-hydrogen) atoms. The number of hydrogen-bond donors (Lipinski definition) is 3. The van der Waals surface area contributed by atoms with Crippen LogP contribution < -0.4 is 11.1 Å². The number of carbonyl (C=O) groups excluding carboxylic acids is 1. The van der Waals surface area contributed by atoms with Gasteiger partial charge in [-0.05, 0) is 6.42 Å². The lowest BCUT2D eigenvalue weighted by atomic mass is 10.2. The molecule has 0 aliphatic rings. The molecule has 4 N–H and O–H groups in total. The van der Waals surface area contributed by atoms with Crippen molar-refractivity contribution in [1.29, 1.82) is 0 Å². The summed E-state index contributed by atoms with van der Waals surface area (Å²) in [6.07, 6.45) is 0.752. The highest BCUT2D eigenvalue weighted by molar-refractivity contribution is 5.86. The number of rotatable bonds is 7. The number of amides is 1. The second kappa shape index (κ2) is 6.97. The van der Waals surface area contributed by atoms with Gasteiger partial charge in [0.05, 0.1) is 0 Å². The van der Waals surface area contributed by atoms with Gasteiger partial charge in [0.1, 0.15) is 12.1 Å². The summed E-state index contributed by atoms with van der Waals surface area (Å²) in [6.45, 7) is 3.41. The van der Waals surface area contributed by atoms with Gasteiger partial charge in [0, 0.05) is 13.7 Å². The smallest absolute Gasteiger partial charge is 0.326 e. The molecule has 0 fully saturated rings. The van der Waals surface area contributed by atoms with E-state index in [2.05, 4.69) is 11.9 Å². The minimum Gasteiger partial charge on any atom is -0.480 e. The van der Waals surface area contributed by atoms with Crippen molar-refractivity contribution in [2.75, 3.05) is 13.7 Å². The molecule has 0 rings (SSSR count). The Morgan fingerprint density at radius 1 is 1.67 bits per heavy atom. The first-order valence-corrected chi connectivity index (χ1v) is 4.43. The van der Waals surface area contributed by atoms with Gasteiger partial charge in [-0.25, -0.2) is 4.79 Å². The van der Waals surface area contributed by atoms with Crippen LogP contribution in [-0.4, -0.2) is 42.8 Å². The Hall–Kier alpha value is -1.40. The molecule has 2 atom stereocenters. The van der Waals surface area contributed by atoms with Crippen molar-refractivity contribution in [3.63, 3.8) is 0 Å². The van der Waals surface area contributed by atoms with Crippen LogP contribution in [0.2, 0.25) is 0 Å². The zero-order valence-corrected chi connectivity index (χ0v) is 8.60. The van der Waals surface area contributed by atoms with E-state index in [1.54, 1.807) is 0 Å². The van der Waals surface area contributed by atoms with E-state index < -0.39 is 24.0 Å².